The molecule has 0 bridgehead atoms. The van der Waals surface area contributed by atoms with Gasteiger partial charge in [-0.3, -0.25) is 0 Å². The summed E-state index contributed by atoms with van der Waals surface area (Å²) in [6, 6.07) is 31.2. The quantitative estimate of drug-likeness (QED) is 0.657. The third-order valence-electron chi connectivity index (χ3n) is 4.53. The number of nitrogens with zero attached hydrogens (tertiary/aromatic N) is 1. The van der Waals surface area contributed by atoms with E-state index in [4.69, 9.17) is 9.73 Å². The van der Waals surface area contributed by atoms with Crippen molar-refractivity contribution in [1.82, 2.24) is 0 Å². The molecule has 0 aliphatic carbocycles. The van der Waals surface area contributed by atoms with Gasteiger partial charge in [0.05, 0.1) is 0 Å². The lowest BCUT2D eigenvalue weighted by Gasteiger charge is -2.33. The van der Waals surface area contributed by atoms with Crippen LogP contribution >= 0.6 is 0 Å². The van der Waals surface area contributed by atoms with Crippen molar-refractivity contribution in [3.8, 4) is 0 Å². The van der Waals surface area contributed by atoms with E-state index in [-0.39, 0.29) is 6.10 Å². The van der Waals surface area contributed by atoms with Gasteiger partial charge in [0, 0.05) is 6.92 Å². The summed E-state index contributed by atoms with van der Waals surface area (Å²) in [5, 5.41) is 0. The Morgan fingerprint density at radius 1 is 0.708 bits per heavy atom. The molecular formula is C22H19NO. The fourth-order valence-electron chi connectivity index (χ4n) is 3.51. The Bertz CT molecular complexity index is 801. The number of benzene rings is 3. The van der Waals surface area contributed by atoms with Crippen LogP contribution in [0, 0.1) is 0 Å². The molecule has 1 heterocycles. The predicted molar refractivity (Wildman–Crippen MR) is 97.0 cm³/mol. The van der Waals surface area contributed by atoms with Crippen LogP contribution in [0.4, 0.5) is 0 Å². The molecule has 1 aliphatic heterocycles. The highest BCUT2D eigenvalue weighted by Gasteiger charge is 2.48. The van der Waals surface area contributed by atoms with E-state index in [1.54, 1.807) is 0 Å². The van der Waals surface area contributed by atoms with Gasteiger partial charge in [-0.25, -0.2) is 4.99 Å². The van der Waals surface area contributed by atoms with E-state index in [2.05, 4.69) is 60.7 Å². The fraction of sp³-hybridized carbons (Fsp3) is 0.136. The molecule has 118 valence electrons. The Hall–Kier alpha value is -2.87. The molecule has 1 atom stereocenters. The number of aliphatic imine (C=N–C) groups is 1. The number of ether oxygens (including phenoxy) is 1. The van der Waals surface area contributed by atoms with E-state index in [9.17, 15) is 0 Å². The first-order chi connectivity index (χ1) is 11.8. The lowest BCUT2D eigenvalue weighted by Crippen LogP contribution is -2.30. The van der Waals surface area contributed by atoms with E-state index in [1.165, 1.54) is 0 Å². The van der Waals surface area contributed by atoms with E-state index < -0.39 is 5.54 Å². The van der Waals surface area contributed by atoms with Crippen LogP contribution in [0.15, 0.2) is 96.0 Å². The number of rotatable bonds is 3. The summed E-state index contributed by atoms with van der Waals surface area (Å²) in [6.45, 7) is 1.93. The van der Waals surface area contributed by atoms with Gasteiger partial charge in [0.25, 0.3) is 0 Å². The van der Waals surface area contributed by atoms with Gasteiger partial charge in [-0.15, -0.1) is 0 Å². The Morgan fingerprint density at radius 3 is 1.67 bits per heavy atom. The number of hydrogen-bond acceptors (Lipinski definition) is 2. The minimum absolute atomic E-state index is 0.177. The average molecular weight is 313 g/mol. The number of hydrogen-bond donors (Lipinski definition) is 0. The van der Waals surface area contributed by atoms with Crippen molar-refractivity contribution < 1.29 is 4.74 Å². The van der Waals surface area contributed by atoms with Gasteiger partial charge in [0.15, 0.2) is 17.5 Å². The minimum atomic E-state index is -0.562. The molecule has 3 aromatic rings. The van der Waals surface area contributed by atoms with Crippen molar-refractivity contribution in [2.24, 2.45) is 4.99 Å². The minimum Gasteiger partial charge on any atom is -0.470 e. The zero-order valence-electron chi connectivity index (χ0n) is 13.6. The first-order valence-electron chi connectivity index (χ1n) is 8.20. The molecule has 0 radical (unpaired) electrons. The Balaban J connectivity index is 1.98. The van der Waals surface area contributed by atoms with Gasteiger partial charge in [0.1, 0.15) is 0 Å². The van der Waals surface area contributed by atoms with Crippen molar-refractivity contribution in [3.05, 3.63) is 108 Å². The van der Waals surface area contributed by atoms with Gasteiger partial charge in [-0.2, -0.15) is 0 Å². The SMILES string of the molecule is CC1=NC(c2ccccc2)(c2ccccc2)C(c2ccccc2)O1. The molecule has 0 N–H and O–H groups in total. The van der Waals surface area contributed by atoms with Crippen LogP contribution in [0.1, 0.15) is 29.7 Å². The zero-order valence-corrected chi connectivity index (χ0v) is 13.6. The molecule has 2 heteroatoms. The standard InChI is InChI=1S/C22H19NO/c1-17-23-22(19-13-7-3-8-14-19,20-15-9-4-10-16-20)21(24-17)18-11-5-2-6-12-18/h2-16,21H,1H3. The molecule has 1 unspecified atom stereocenters. The van der Waals surface area contributed by atoms with Gasteiger partial charge in [0.2, 0.25) is 0 Å². The molecule has 0 saturated carbocycles. The smallest absolute Gasteiger partial charge is 0.182 e. The highest BCUT2D eigenvalue weighted by atomic mass is 16.5. The van der Waals surface area contributed by atoms with Gasteiger partial charge in [-0.1, -0.05) is 91.0 Å². The summed E-state index contributed by atoms with van der Waals surface area (Å²) in [6.07, 6.45) is -0.177. The van der Waals surface area contributed by atoms with Gasteiger partial charge >= 0.3 is 0 Å². The highest BCUT2D eigenvalue weighted by Crippen LogP contribution is 2.50. The zero-order chi connectivity index (χ0) is 16.4. The summed E-state index contributed by atoms with van der Waals surface area (Å²) in [5.74, 6) is 0.719. The molecule has 0 aromatic heterocycles. The molecule has 2 nitrogen and oxygen atoms in total. The summed E-state index contributed by atoms with van der Waals surface area (Å²) < 4.78 is 6.22. The second kappa shape index (κ2) is 5.97. The van der Waals surface area contributed by atoms with E-state index in [0.717, 1.165) is 22.6 Å². The molecule has 0 fully saturated rings. The maximum absolute atomic E-state index is 6.22. The van der Waals surface area contributed by atoms with E-state index >= 15 is 0 Å². The Morgan fingerprint density at radius 2 is 1.17 bits per heavy atom. The van der Waals surface area contributed by atoms with Crippen LogP contribution in [0.5, 0.6) is 0 Å². The summed E-state index contributed by atoms with van der Waals surface area (Å²) >= 11 is 0. The van der Waals surface area contributed by atoms with Crippen LogP contribution in [0.2, 0.25) is 0 Å². The summed E-state index contributed by atoms with van der Waals surface area (Å²) in [5.41, 5.74) is 2.85. The monoisotopic (exact) mass is 313 g/mol. The van der Waals surface area contributed by atoms with Gasteiger partial charge in [-0.05, 0) is 16.7 Å². The third-order valence-corrected chi connectivity index (χ3v) is 4.53. The predicted octanol–water partition coefficient (Wildman–Crippen LogP) is 5.12. The van der Waals surface area contributed by atoms with Crippen LogP contribution in [-0.2, 0) is 10.3 Å². The fourth-order valence-corrected chi connectivity index (χ4v) is 3.51. The second-order valence-electron chi connectivity index (χ2n) is 6.04. The normalized spacial score (nSPS) is 18.7. The maximum atomic E-state index is 6.22. The van der Waals surface area contributed by atoms with Crippen molar-refractivity contribution in [3.63, 3.8) is 0 Å². The van der Waals surface area contributed by atoms with Crippen molar-refractivity contribution in [2.75, 3.05) is 0 Å². The Kier molecular flexibility index (Phi) is 3.66. The maximum Gasteiger partial charge on any atom is 0.182 e. The third kappa shape index (κ3) is 2.31. The molecule has 24 heavy (non-hydrogen) atoms. The van der Waals surface area contributed by atoms with Crippen LogP contribution < -0.4 is 0 Å². The Labute approximate surface area is 142 Å². The molecule has 0 spiro atoms. The summed E-state index contributed by atoms with van der Waals surface area (Å²) in [4.78, 5) is 5.01. The first-order valence-corrected chi connectivity index (χ1v) is 8.20. The largest absolute Gasteiger partial charge is 0.470 e. The average Bonchev–Trinajstić information content (AvgIpc) is 3.02. The lowest BCUT2D eigenvalue weighted by molar-refractivity contribution is 0.157. The van der Waals surface area contributed by atoms with Crippen LogP contribution in [0.3, 0.4) is 0 Å². The molecular weight excluding hydrogens is 294 g/mol. The molecule has 4 rings (SSSR count). The van der Waals surface area contributed by atoms with Crippen molar-refractivity contribution in [1.29, 1.82) is 0 Å². The molecule has 0 saturated heterocycles. The summed E-state index contributed by atoms with van der Waals surface area (Å²) in [7, 11) is 0. The first kappa shape index (κ1) is 14.7. The van der Waals surface area contributed by atoms with Crippen molar-refractivity contribution >= 4 is 5.90 Å². The lowest BCUT2D eigenvalue weighted by atomic mass is 9.76. The van der Waals surface area contributed by atoms with E-state index in [0.29, 0.717) is 0 Å². The topological polar surface area (TPSA) is 21.6 Å². The van der Waals surface area contributed by atoms with Crippen molar-refractivity contribution in [2.45, 2.75) is 18.6 Å². The highest BCUT2D eigenvalue weighted by molar-refractivity contribution is 5.77. The molecule has 1 aliphatic rings. The molecule has 3 aromatic carbocycles. The van der Waals surface area contributed by atoms with E-state index in [1.807, 2.05) is 37.3 Å². The van der Waals surface area contributed by atoms with Crippen LogP contribution in [-0.4, -0.2) is 5.90 Å². The molecule has 0 amide bonds. The second-order valence-corrected chi connectivity index (χ2v) is 6.04. The van der Waals surface area contributed by atoms with Crippen LogP contribution in [0.25, 0.3) is 0 Å². The van der Waals surface area contributed by atoms with Gasteiger partial charge < -0.3 is 4.74 Å².